The molecule has 0 aromatic heterocycles. The minimum absolute atomic E-state index is 0.0378. The van der Waals surface area contributed by atoms with Gasteiger partial charge >= 0.3 is 0 Å². The molecule has 9 heteroatoms. The lowest BCUT2D eigenvalue weighted by Crippen LogP contribution is -3.16. The highest BCUT2D eigenvalue weighted by Crippen LogP contribution is 2.30. The van der Waals surface area contributed by atoms with Gasteiger partial charge in [-0.3, -0.25) is 10.1 Å². The number of hydrogen-bond donors (Lipinski definition) is 3. The summed E-state index contributed by atoms with van der Waals surface area (Å²) in [5.74, 6) is 0. The Kier molecular flexibility index (Phi) is 6.82. The number of quaternary nitrogens is 1. The Morgan fingerprint density at radius 2 is 1.85 bits per heavy atom. The minimum Gasteiger partial charge on any atom is -0.373 e. The van der Waals surface area contributed by atoms with Crippen LogP contribution in [0.4, 0.5) is 11.4 Å². The van der Waals surface area contributed by atoms with E-state index in [2.05, 4.69) is 24.1 Å². The van der Waals surface area contributed by atoms with E-state index in [9.17, 15) is 18.5 Å². The molecule has 152 valence electrons. The van der Waals surface area contributed by atoms with Crippen molar-refractivity contribution >= 4 is 21.4 Å². The second-order valence-corrected chi connectivity index (χ2v) is 9.62. The highest BCUT2D eigenvalue weighted by Gasteiger charge is 2.38. The molecule has 1 fully saturated rings. The molecule has 8 nitrogen and oxygen atoms in total. The Bertz CT molecular complexity index is 772. The van der Waals surface area contributed by atoms with Crippen LogP contribution in [0.15, 0.2) is 23.1 Å². The summed E-state index contributed by atoms with van der Waals surface area (Å²) in [6, 6.07) is 3.74. The zero-order valence-corrected chi connectivity index (χ0v) is 17.4. The summed E-state index contributed by atoms with van der Waals surface area (Å²) in [6.07, 6.45) is 5.69. The molecular formula is C18H31N4O4S+. The van der Waals surface area contributed by atoms with Crippen molar-refractivity contribution in [1.29, 1.82) is 0 Å². The van der Waals surface area contributed by atoms with E-state index >= 15 is 0 Å². The van der Waals surface area contributed by atoms with Crippen LogP contribution in [0.3, 0.4) is 0 Å². The monoisotopic (exact) mass is 399 g/mol. The number of nitrogens with zero attached hydrogens (tertiary/aromatic N) is 1. The van der Waals surface area contributed by atoms with Gasteiger partial charge in [0.2, 0.25) is 10.0 Å². The lowest BCUT2D eigenvalue weighted by molar-refractivity contribution is -0.915. The summed E-state index contributed by atoms with van der Waals surface area (Å²) in [5, 5.41) is 14.8. The normalized spacial score (nSPS) is 17.3. The van der Waals surface area contributed by atoms with Gasteiger partial charge in [-0.1, -0.05) is 6.42 Å². The van der Waals surface area contributed by atoms with E-state index in [1.807, 2.05) is 0 Å². The highest BCUT2D eigenvalue weighted by molar-refractivity contribution is 7.89. The Labute approximate surface area is 161 Å². The van der Waals surface area contributed by atoms with Crippen LogP contribution in [0.2, 0.25) is 0 Å². The average molecular weight is 400 g/mol. The smallest absolute Gasteiger partial charge is 0.293 e. The van der Waals surface area contributed by atoms with Crippen LogP contribution < -0.4 is 14.9 Å². The summed E-state index contributed by atoms with van der Waals surface area (Å²) in [4.78, 5) is 12.2. The van der Waals surface area contributed by atoms with E-state index in [4.69, 9.17) is 0 Å². The molecule has 0 amide bonds. The van der Waals surface area contributed by atoms with Crippen molar-refractivity contribution in [2.75, 3.05) is 26.0 Å². The van der Waals surface area contributed by atoms with E-state index in [0.29, 0.717) is 12.2 Å². The molecule has 2 rings (SSSR count). The fraction of sp³-hybridized carbons (Fsp3) is 0.667. The van der Waals surface area contributed by atoms with Gasteiger partial charge in [0.25, 0.3) is 5.69 Å². The number of nitro groups is 1. The second-order valence-electron chi connectivity index (χ2n) is 7.91. The van der Waals surface area contributed by atoms with Gasteiger partial charge in [-0.25, -0.2) is 13.1 Å². The molecule has 0 heterocycles. The summed E-state index contributed by atoms with van der Waals surface area (Å²) >= 11 is 0. The fourth-order valence-corrected chi connectivity index (χ4v) is 4.97. The Morgan fingerprint density at radius 1 is 1.22 bits per heavy atom. The first-order chi connectivity index (χ1) is 12.6. The standard InChI is InChI=1S/C18H30N4O4S/c1-14(2)20-27(25,26)15-8-9-16(17(12-15)22(23)24)19-13-18(21(3)4)10-6-5-7-11-18/h8-9,12,14,19-20H,5-7,10-11,13H2,1-4H3/p+1. The highest BCUT2D eigenvalue weighted by atomic mass is 32.2. The predicted octanol–water partition coefficient (Wildman–Crippen LogP) is 1.54. The summed E-state index contributed by atoms with van der Waals surface area (Å²) in [7, 11) is 0.460. The molecule has 1 aromatic rings. The van der Waals surface area contributed by atoms with Crippen molar-refractivity contribution in [3.63, 3.8) is 0 Å². The number of sulfonamides is 1. The third-order valence-corrected chi connectivity index (χ3v) is 7.01. The molecule has 0 atom stereocenters. The molecule has 0 unspecified atom stereocenters. The van der Waals surface area contributed by atoms with Crippen LogP contribution in [-0.2, 0) is 10.0 Å². The van der Waals surface area contributed by atoms with E-state index in [1.165, 1.54) is 23.5 Å². The van der Waals surface area contributed by atoms with Crippen LogP contribution in [0, 0.1) is 10.1 Å². The quantitative estimate of drug-likeness (QED) is 0.454. The molecule has 1 aromatic carbocycles. The van der Waals surface area contributed by atoms with Gasteiger partial charge in [-0.2, -0.15) is 0 Å². The van der Waals surface area contributed by atoms with Crippen LogP contribution in [-0.4, -0.2) is 45.6 Å². The third-order valence-electron chi connectivity index (χ3n) is 5.36. The molecule has 1 saturated carbocycles. The summed E-state index contributed by atoms with van der Waals surface area (Å²) in [6.45, 7) is 4.02. The van der Waals surface area contributed by atoms with E-state index in [1.54, 1.807) is 13.8 Å². The molecule has 0 spiro atoms. The first-order valence-electron chi connectivity index (χ1n) is 9.43. The molecule has 3 N–H and O–H groups in total. The van der Waals surface area contributed by atoms with Gasteiger partial charge in [0.15, 0.2) is 0 Å². The minimum atomic E-state index is -3.78. The van der Waals surface area contributed by atoms with Crippen molar-refractivity contribution in [3.05, 3.63) is 28.3 Å². The van der Waals surface area contributed by atoms with Crippen molar-refractivity contribution in [2.45, 2.75) is 62.4 Å². The number of likely N-dealkylation sites (N-methyl/N-ethyl adjacent to an activating group) is 1. The Balaban J connectivity index is 2.28. The van der Waals surface area contributed by atoms with Gasteiger partial charge in [0.05, 0.1) is 30.5 Å². The van der Waals surface area contributed by atoms with Crippen molar-refractivity contribution in [3.8, 4) is 0 Å². The van der Waals surface area contributed by atoms with Gasteiger partial charge in [0, 0.05) is 24.9 Å². The molecule has 0 bridgehead atoms. The number of anilines is 1. The van der Waals surface area contributed by atoms with Crippen molar-refractivity contribution in [2.24, 2.45) is 0 Å². The number of nitrogens with one attached hydrogen (secondary N) is 3. The van der Waals surface area contributed by atoms with Crippen LogP contribution >= 0.6 is 0 Å². The molecule has 0 radical (unpaired) electrons. The van der Waals surface area contributed by atoms with E-state index < -0.39 is 14.9 Å². The summed E-state index contributed by atoms with van der Waals surface area (Å²) in [5.41, 5.74) is 0.173. The maximum atomic E-state index is 12.3. The molecule has 1 aliphatic carbocycles. The van der Waals surface area contributed by atoms with Gasteiger partial charge < -0.3 is 10.2 Å². The maximum absolute atomic E-state index is 12.3. The molecular weight excluding hydrogens is 368 g/mol. The van der Waals surface area contributed by atoms with Crippen molar-refractivity contribution in [1.82, 2.24) is 4.72 Å². The Morgan fingerprint density at radius 3 is 2.37 bits per heavy atom. The van der Waals surface area contributed by atoms with Crippen LogP contribution in [0.25, 0.3) is 0 Å². The topological polar surface area (TPSA) is 106 Å². The molecule has 0 saturated heterocycles. The van der Waals surface area contributed by atoms with Gasteiger partial charge in [-0.15, -0.1) is 0 Å². The lowest BCUT2D eigenvalue weighted by atomic mass is 9.80. The third kappa shape index (κ3) is 5.18. The SMILES string of the molecule is CC(C)NS(=O)(=O)c1ccc(NCC2([NH+](C)C)CCCCC2)c([N+](=O)[O-])c1. The number of benzene rings is 1. The zero-order chi connectivity index (χ0) is 20.2. The largest absolute Gasteiger partial charge is 0.373 e. The average Bonchev–Trinajstić information content (AvgIpc) is 2.59. The first-order valence-corrected chi connectivity index (χ1v) is 10.9. The van der Waals surface area contributed by atoms with Crippen molar-refractivity contribution < 1.29 is 18.2 Å². The Hall–Kier alpha value is -1.71. The second kappa shape index (κ2) is 8.53. The fourth-order valence-electron chi connectivity index (χ4n) is 3.70. The molecule has 27 heavy (non-hydrogen) atoms. The van der Waals surface area contributed by atoms with Crippen LogP contribution in [0.1, 0.15) is 46.0 Å². The van der Waals surface area contributed by atoms with Gasteiger partial charge in [-0.05, 0) is 38.8 Å². The van der Waals surface area contributed by atoms with E-state index in [-0.39, 0.29) is 22.2 Å². The van der Waals surface area contributed by atoms with E-state index in [0.717, 1.165) is 31.7 Å². The van der Waals surface area contributed by atoms with Gasteiger partial charge in [0.1, 0.15) is 11.2 Å². The number of rotatable bonds is 8. The zero-order valence-electron chi connectivity index (χ0n) is 16.5. The molecule has 0 aliphatic heterocycles. The lowest BCUT2D eigenvalue weighted by Gasteiger charge is -2.40. The van der Waals surface area contributed by atoms with Crippen LogP contribution in [0.5, 0.6) is 0 Å². The first kappa shape index (κ1) is 21.6. The summed E-state index contributed by atoms with van der Waals surface area (Å²) < 4.78 is 27.1. The number of hydrogen-bond acceptors (Lipinski definition) is 5. The predicted molar refractivity (Wildman–Crippen MR) is 106 cm³/mol. The maximum Gasteiger partial charge on any atom is 0.293 e. The number of nitro benzene ring substituents is 1. The molecule has 1 aliphatic rings.